The van der Waals surface area contributed by atoms with Crippen molar-refractivity contribution in [1.82, 2.24) is 5.32 Å². The molecule has 2 atom stereocenters. The molecule has 0 heterocycles. The van der Waals surface area contributed by atoms with Gasteiger partial charge in [-0.1, -0.05) is 61.2 Å². The SMILES string of the molecule is CCCC[C@@H]1CC(C)=C(C)C[C@H]1NCc1ccccc1. The van der Waals surface area contributed by atoms with Crippen molar-refractivity contribution in [1.29, 1.82) is 0 Å². The van der Waals surface area contributed by atoms with Gasteiger partial charge in [0.15, 0.2) is 0 Å². The van der Waals surface area contributed by atoms with E-state index in [9.17, 15) is 0 Å². The Kier molecular flexibility index (Phi) is 5.85. The first-order valence-corrected chi connectivity index (χ1v) is 8.13. The first kappa shape index (κ1) is 15.3. The fraction of sp³-hybridized carbons (Fsp3) is 0.579. The maximum atomic E-state index is 3.81. The van der Waals surface area contributed by atoms with Crippen LogP contribution in [0.3, 0.4) is 0 Å². The van der Waals surface area contributed by atoms with Gasteiger partial charge in [-0.3, -0.25) is 0 Å². The average Bonchev–Trinajstić information content (AvgIpc) is 2.47. The van der Waals surface area contributed by atoms with E-state index in [1.807, 2.05) is 0 Å². The lowest BCUT2D eigenvalue weighted by Gasteiger charge is -2.34. The second kappa shape index (κ2) is 7.64. The Morgan fingerprint density at radius 1 is 1.05 bits per heavy atom. The molecule has 1 aromatic carbocycles. The van der Waals surface area contributed by atoms with Crippen LogP contribution in [0.5, 0.6) is 0 Å². The molecule has 20 heavy (non-hydrogen) atoms. The molecule has 0 unspecified atom stereocenters. The van der Waals surface area contributed by atoms with Crippen molar-refractivity contribution < 1.29 is 0 Å². The third kappa shape index (κ3) is 4.21. The third-order valence-electron chi connectivity index (χ3n) is 4.73. The van der Waals surface area contributed by atoms with Gasteiger partial charge in [-0.05, 0) is 44.6 Å². The predicted octanol–water partition coefficient (Wildman–Crippen LogP) is 5.08. The minimum absolute atomic E-state index is 0.658. The summed E-state index contributed by atoms with van der Waals surface area (Å²) in [5.74, 6) is 0.822. The normalized spacial score (nSPS) is 23.1. The van der Waals surface area contributed by atoms with Gasteiger partial charge in [0.2, 0.25) is 0 Å². The maximum Gasteiger partial charge on any atom is 0.0208 e. The molecule has 0 bridgehead atoms. The zero-order valence-electron chi connectivity index (χ0n) is 13.3. The summed E-state index contributed by atoms with van der Waals surface area (Å²) in [5, 5.41) is 3.81. The number of benzene rings is 1. The molecule has 0 spiro atoms. The number of nitrogens with one attached hydrogen (secondary N) is 1. The van der Waals surface area contributed by atoms with Gasteiger partial charge in [0.1, 0.15) is 0 Å². The van der Waals surface area contributed by atoms with E-state index < -0.39 is 0 Å². The fourth-order valence-electron chi connectivity index (χ4n) is 3.23. The van der Waals surface area contributed by atoms with Gasteiger partial charge < -0.3 is 5.32 Å². The van der Waals surface area contributed by atoms with Crippen LogP contribution in [-0.4, -0.2) is 6.04 Å². The summed E-state index contributed by atoms with van der Waals surface area (Å²) in [4.78, 5) is 0. The summed E-state index contributed by atoms with van der Waals surface area (Å²) in [5.41, 5.74) is 4.62. The summed E-state index contributed by atoms with van der Waals surface area (Å²) in [7, 11) is 0. The Bertz CT molecular complexity index is 432. The molecule has 0 radical (unpaired) electrons. The van der Waals surface area contributed by atoms with Crippen molar-refractivity contribution in [3.63, 3.8) is 0 Å². The molecule has 1 nitrogen and oxygen atoms in total. The van der Waals surface area contributed by atoms with Crippen molar-refractivity contribution in [2.45, 2.75) is 65.5 Å². The van der Waals surface area contributed by atoms with Crippen molar-refractivity contribution in [2.24, 2.45) is 5.92 Å². The fourth-order valence-corrected chi connectivity index (χ4v) is 3.23. The maximum absolute atomic E-state index is 3.81. The predicted molar refractivity (Wildman–Crippen MR) is 87.7 cm³/mol. The van der Waals surface area contributed by atoms with E-state index in [4.69, 9.17) is 0 Å². The van der Waals surface area contributed by atoms with Crippen LogP contribution in [0.2, 0.25) is 0 Å². The highest BCUT2D eigenvalue weighted by Gasteiger charge is 2.26. The summed E-state index contributed by atoms with van der Waals surface area (Å²) in [6.45, 7) is 7.92. The second-order valence-corrected chi connectivity index (χ2v) is 6.34. The van der Waals surface area contributed by atoms with E-state index in [2.05, 4.69) is 56.4 Å². The Morgan fingerprint density at radius 3 is 2.45 bits per heavy atom. The zero-order valence-corrected chi connectivity index (χ0v) is 13.3. The van der Waals surface area contributed by atoms with Crippen molar-refractivity contribution in [3.05, 3.63) is 47.0 Å². The highest BCUT2D eigenvalue weighted by atomic mass is 14.9. The number of hydrogen-bond acceptors (Lipinski definition) is 1. The zero-order chi connectivity index (χ0) is 14.4. The summed E-state index contributed by atoms with van der Waals surface area (Å²) >= 11 is 0. The van der Waals surface area contributed by atoms with Crippen LogP contribution in [-0.2, 0) is 6.54 Å². The van der Waals surface area contributed by atoms with Crippen LogP contribution in [0.1, 0.15) is 58.4 Å². The van der Waals surface area contributed by atoms with E-state index in [1.165, 1.54) is 37.7 Å². The lowest BCUT2D eigenvalue weighted by Crippen LogP contribution is -2.38. The van der Waals surface area contributed by atoms with Gasteiger partial charge in [-0.15, -0.1) is 0 Å². The van der Waals surface area contributed by atoms with Crippen LogP contribution in [0.4, 0.5) is 0 Å². The molecule has 1 N–H and O–H groups in total. The van der Waals surface area contributed by atoms with E-state index in [-0.39, 0.29) is 0 Å². The number of unbranched alkanes of at least 4 members (excludes halogenated alkanes) is 1. The molecule has 0 saturated carbocycles. The third-order valence-corrected chi connectivity index (χ3v) is 4.73. The molecule has 0 aromatic heterocycles. The Morgan fingerprint density at radius 2 is 1.75 bits per heavy atom. The van der Waals surface area contributed by atoms with Crippen LogP contribution in [0.15, 0.2) is 41.5 Å². The van der Waals surface area contributed by atoms with Gasteiger partial charge in [0.25, 0.3) is 0 Å². The summed E-state index contributed by atoms with van der Waals surface area (Å²) < 4.78 is 0. The number of hydrogen-bond donors (Lipinski definition) is 1. The van der Waals surface area contributed by atoms with Crippen LogP contribution >= 0.6 is 0 Å². The molecule has 0 aliphatic heterocycles. The molecule has 0 amide bonds. The summed E-state index contributed by atoms with van der Waals surface area (Å²) in [6, 6.07) is 11.4. The van der Waals surface area contributed by atoms with Gasteiger partial charge in [0.05, 0.1) is 0 Å². The monoisotopic (exact) mass is 271 g/mol. The standard InChI is InChI=1S/C19H29N/c1-4-5-11-18-12-15(2)16(3)13-19(18)20-14-17-9-7-6-8-10-17/h6-10,18-20H,4-5,11-14H2,1-3H3/t18-,19-/m1/s1. The van der Waals surface area contributed by atoms with Crippen LogP contribution < -0.4 is 5.32 Å². The van der Waals surface area contributed by atoms with Gasteiger partial charge in [-0.25, -0.2) is 0 Å². The number of allylic oxidation sites excluding steroid dienone is 1. The van der Waals surface area contributed by atoms with Crippen LogP contribution in [0, 0.1) is 5.92 Å². The highest BCUT2D eigenvalue weighted by Crippen LogP contribution is 2.32. The van der Waals surface area contributed by atoms with Gasteiger partial charge in [0, 0.05) is 12.6 Å². The molecule has 2 rings (SSSR count). The Balaban J connectivity index is 1.95. The second-order valence-electron chi connectivity index (χ2n) is 6.34. The highest BCUT2D eigenvalue weighted by molar-refractivity contribution is 5.18. The Hall–Kier alpha value is -1.08. The summed E-state index contributed by atoms with van der Waals surface area (Å²) in [6.07, 6.45) is 6.56. The first-order valence-electron chi connectivity index (χ1n) is 8.13. The molecular formula is C19H29N. The minimum atomic E-state index is 0.658. The van der Waals surface area contributed by atoms with Crippen molar-refractivity contribution in [3.8, 4) is 0 Å². The molecule has 0 saturated heterocycles. The van der Waals surface area contributed by atoms with Gasteiger partial charge >= 0.3 is 0 Å². The molecule has 0 fully saturated rings. The average molecular weight is 271 g/mol. The smallest absolute Gasteiger partial charge is 0.0208 e. The lowest BCUT2D eigenvalue weighted by atomic mass is 9.78. The molecule has 1 heteroatoms. The van der Waals surface area contributed by atoms with Crippen molar-refractivity contribution in [2.75, 3.05) is 0 Å². The van der Waals surface area contributed by atoms with Gasteiger partial charge in [-0.2, -0.15) is 0 Å². The Labute approximate surface area is 124 Å². The topological polar surface area (TPSA) is 12.0 Å². The number of rotatable bonds is 6. The molecular weight excluding hydrogens is 242 g/mol. The molecule has 1 aromatic rings. The molecule has 110 valence electrons. The van der Waals surface area contributed by atoms with E-state index in [1.54, 1.807) is 11.1 Å². The van der Waals surface area contributed by atoms with E-state index in [0.29, 0.717) is 6.04 Å². The molecule has 1 aliphatic carbocycles. The van der Waals surface area contributed by atoms with Crippen molar-refractivity contribution >= 4 is 0 Å². The first-order chi connectivity index (χ1) is 9.70. The lowest BCUT2D eigenvalue weighted by molar-refractivity contribution is 0.303. The minimum Gasteiger partial charge on any atom is -0.309 e. The van der Waals surface area contributed by atoms with E-state index in [0.717, 1.165) is 12.5 Å². The van der Waals surface area contributed by atoms with Crippen LogP contribution in [0.25, 0.3) is 0 Å². The van der Waals surface area contributed by atoms with E-state index >= 15 is 0 Å². The quantitative estimate of drug-likeness (QED) is 0.711. The largest absolute Gasteiger partial charge is 0.309 e. The molecule has 1 aliphatic rings.